The van der Waals surface area contributed by atoms with Crippen molar-refractivity contribution < 1.29 is 29.2 Å². The van der Waals surface area contributed by atoms with E-state index in [1.165, 1.54) is 71.3 Å². The first-order chi connectivity index (χ1) is 15.2. The molecule has 0 spiro atoms. The highest BCUT2D eigenvalue weighted by Gasteiger charge is 2.30. The van der Waals surface area contributed by atoms with Crippen molar-refractivity contribution in [1.29, 1.82) is 0 Å². The molecule has 0 aromatic rings. The fraction of sp³-hybridized carbons (Fsp3) is 0.960. The molecule has 7 nitrogen and oxygen atoms in total. The van der Waals surface area contributed by atoms with Gasteiger partial charge in [-0.2, -0.15) is 0 Å². The average molecular weight is 462 g/mol. The van der Waals surface area contributed by atoms with Gasteiger partial charge in [-0.1, -0.05) is 84.0 Å². The minimum atomic E-state index is -1.06. The molecule has 0 unspecified atom stereocenters. The third-order valence-corrected chi connectivity index (χ3v) is 5.43. The van der Waals surface area contributed by atoms with Crippen LogP contribution in [-0.2, 0) is 14.2 Å². The lowest BCUT2D eigenvalue weighted by Crippen LogP contribution is -2.52. The van der Waals surface area contributed by atoms with Gasteiger partial charge in [0.25, 0.3) is 0 Å². The van der Waals surface area contributed by atoms with Crippen LogP contribution in [0, 0.1) is 0 Å². The summed E-state index contributed by atoms with van der Waals surface area (Å²) < 4.78 is 15.9. The Morgan fingerprint density at radius 1 is 0.906 bits per heavy atom. The molecule has 0 fully saturated rings. The van der Waals surface area contributed by atoms with E-state index >= 15 is 0 Å². The van der Waals surface area contributed by atoms with E-state index in [4.69, 9.17) is 14.2 Å². The van der Waals surface area contributed by atoms with Crippen LogP contribution in [0.1, 0.15) is 111 Å². The van der Waals surface area contributed by atoms with E-state index in [1.807, 2.05) is 0 Å². The van der Waals surface area contributed by atoms with E-state index < -0.39 is 36.6 Å². The number of amides is 1. The van der Waals surface area contributed by atoms with Crippen molar-refractivity contribution in [2.75, 3.05) is 20.5 Å². The van der Waals surface area contributed by atoms with Crippen LogP contribution in [-0.4, -0.2) is 60.7 Å². The van der Waals surface area contributed by atoms with Gasteiger partial charge in [-0.3, -0.25) is 0 Å². The van der Waals surface area contributed by atoms with Gasteiger partial charge in [0.1, 0.15) is 18.5 Å². The maximum absolute atomic E-state index is 12.0. The summed E-state index contributed by atoms with van der Waals surface area (Å²) in [5, 5.41) is 22.9. The number of carbonyl (C=O) groups excluding carboxylic acids is 1. The quantitative estimate of drug-likeness (QED) is 0.168. The zero-order chi connectivity index (χ0) is 24.2. The van der Waals surface area contributed by atoms with Gasteiger partial charge in [0.2, 0.25) is 0 Å². The van der Waals surface area contributed by atoms with Crippen molar-refractivity contribution in [3.8, 4) is 0 Å². The lowest BCUT2D eigenvalue weighted by atomic mass is 9.99. The summed E-state index contributed by atoms with van der Waals surface area (Å²) in [7, 11) is 1.52. The molecule has 0 aromatic carbocycles. The highest BCUT2D eigenvalue weighted by molar-refractivity contribution is 5.68. The monoisotopic (exact) mass is 461 g/mol. The second-order valence-corrected chi connectivity index (χ2v) is 9.72. The molecular weight excluding hydrogens is 410 g/mol. The average Bonchev–Trinajstić information content (AvgIpc) is 2.73. The van der Waals surface area contributed by atoms with Gasteiger partial charge in [-0.05, 0) is 27.2 Å². The molecule has 0 aliphatic rings. The topological polar surface area (TPSA) is 97.3 Å². The number of aliphatic hydroxyl groups is 2. The third kappa shape index (κ3) is 17.6. The molecule has 1 amide bonds. The number of aliphatic hydroxyl groups excluding tert-OH is 2. The molecule has 0 heterocycles. The van der Waals surface area contributed by atoms with E-state index in [1.54, 1.807) is 20.8 Å². The zero-order valence-electron chi connectivity index (χ0n) is 21.4. The minimum Gasteiger partial charge on any atom is -0.444 e. The predicted octanol–water partition coefficient (Wildman–Crippen LogP) is 5.31. The highest BCUT2D eigenvalue weighted by Crippen LogP contribution is 2.17. The molecule has 0 saturated carbocycles. The number of methoxy groups -OCH3 is 1. The number of alkyl carbamates (subject to hydrolysis) is 1. The molecule has 7 heteroatoms. The van der Waals surface area contributed by atoms with Crippen LogP contribution in [0.25, 0.3) is 0 Å². The molecule has 0 radical (unpaired) electrons. The van der Waals surface area contributed by atoms with Gasteiger partial charge in [-0.15, -0.1) is 0 Å². The first kappa shape index (κ1) is 31.1. The van der Waals surface area contributed by atoms with Crippen molar-refractivity contribution in [3.63, 3.8) is 0 Å². The fourth-order valence-corrected chi connectivity index (χ4v) is 3.65. The number of hydrogen-bond donors (Lipinski definition) is 3. The molecule has 0 aliphatic carbocycles. The van der Waals surface area contributed by atoms with Gasteiger partial charge < -0.3 is 29.7 Å². The Hall–Kier alpha value is -0.890. The Labute approximate surface area is 196 Å². The van der Waals surface area contributed by atoms with Crippen LogP contribution >= 0.6 is 0 Å². The molecule has 0 aliphatic heterocycles. The van der Waals surface area contributed by atoms with Crippen LogP contribution in [0.15, 0.2) is 0 Å². The van der Waals surface area contributed by atoms with E-state index in [0.717, 1.165) is 12.8 Å². The van der Waals surface area contributed by atoms with Gasteiger partial charge in [0.15, 0.2) is 0 Å². The van der Waals surface area contributed by atoms with E-state index in [9.17, 15) is 15.0 Å². The maximum Gasteiger partial charge on any atom is 0.408 e. The SMILES string of the molecule is CCCCCCCCCCCCCC[C@H](OCOC)[C@@H](O)[C@H](CO)NC(=O)OC(C)(C)C. The highest BCUT2D eigenvalue weighted by atomic mass is 16.7. The van der Waals surface area contributed by atoms with E-state index in [0.29, 0.717) is 6.42 Å². The zero-order valence-corrected chi connectivity index (χ0v) is 21.4. The smallest absolute Gasteiger partial charge is 0.408 e. The number of carbonyl (C=O) groups is 1. The first-order valence-corrected chi connectivity index (χ1v) is 12.6. The van der Waals surface area contributed by atoms with Crippen LogP contribution in [0.5, 0.6) is 0 Å². The maximum atomic E-state index is 12.0. The number of ether oxygens (including phenoxy) is 3. The van der Waals surface area contributed by atoms with E-state index in [-0.39, 0.29) is 6.79 Å². The molecular formula is C25H51NO6. The van der Waals surface area contributed by atoms with Gasteiger partial charge in [0, 0.05) is 7.11 Å². The number of hydrogen-bond acceptors (Lipinski definition) is 6. The Morgan fingerprint density at radius 2 is 1.41 bits per heavy atom. The molecule has 0 bridgehead atoms. The Morgan fingerprint density at radius 3 is 1.84 bits per heavy atom. The van der Waals surface area contributed by atoms with Crippen molar-refractivity contribution >= 4 is 6.09 Å². The Balaban J connectivity index is 4.21. The molecule has 3 N–H and O–H groups in total. The number of nitrogens with one attached hydrogen (secondary N) is 1. The van der Waals surface area contributed by atoms with Crippen molar-refractivity contribution in [3.05, 3.63) is 0 Å². The summed E-state index contributed by atoms with van der Waals surface area (Å²) in [6.07, 6.45) is 13.5. The summed E-state index contributed by atoms with van der Waals surface area (Å²) in [4.78, 5) is 12.0. The molecule has 32 heavy (non-hydrogen) atoms. The second kappa shape index (κ2) is 19.6. The standard InChI is InChI=1S/C25H51NO6/c1-6-7-8-9-10-11-12-13-14-15-16-17-18-22(31-20-30-5)23(28)21(19-27)26-24(29)32-25(2,3)4/h21-23,27-28H,6-20H2,1-5H3,(H,26,29)/t21-,22-,23-/m0/s1. The van der Waals surface area contributed by atoms with Crippen LogP contribution in [0.3, 0.4) is 0 Å². The van der Waals surface area contributed by atoms with Gasteiger partial charge in [0.05, 0.1) is 18.8 Å². The lowest BCUT2D eigenvalue weighted by Gasteiger charge is -2.30. The summed E-state index contributed by atoms with van der Waals surface area (Å²) in [6, 6.07) is -0.871. The fourth-order valence-electron chi connectivity index (χ4n) is 3.65. The molecule has 0 saturated heterocycles. The van der Waals surface area contributed by atoms with Crippen molar-refractivity contribution in [2.45, 2.75) is 135 Å². The number of rotatable bonds is 20. The van der Waals surface area contributed by atoms with Gasteiger partial charge >= 0.3 is 6.09 Å². The summed E-state index contributed by atoms with van der Waals surface area (Å²) in [6.45, 7) is 7.16. The van der Waals surface area contributed by atoms with E-state index in [2.05, 4.69) is 12.2 Å². The van der Waals surface area contributed by atoms with Crippen LogP contribution < -0.4 is 5.32 Å². The largest absolute Gasteiger partial charge is 0.444 e. The molecule has 192 valence electrons. The lowest BCUT2D eigenvalue weighted by molar-refractivity contribution is -0.124. The molecule has 3 atom stereocenters. The predicted molar refractivity (Wildman–Crippen MR) is 129 cm³/mol. The second-order valence-electron chi connectivity index (χ2n) is 9.72. The normalized spacial score (nSPS) is 14.7. The summed E-state index contributed by atoms with van der Waals surface area (Å²) in [5.41, 5.74) is -0.657. The van der Waals surface area contributed by atoms with Crippen LogP contribution in [0.2, 0.25) is 0 Å². The minimum absolute atomic E-state index is 0.0462. The first-order valence-electron chi connectivity index (χ1n) is 12.6. The van der Waals surface area contributed by atoms with Gasteiger partial charge in [-0.25, -0.2) is 4.79 Å². The Kier molecular flexibility index (Phi) is 19.0. The van der Waals surface area contributed by atoms with Crippen LogP contribution in [0.4, 0.5) is 4.79 Å². The number of unbranched alkanes of at least 4 members (excludes halogenated alkanes) is 11. The molecule has 0 rings (SSSR count). The third-order valence-electron chi connectivity index (χ3n) is 5.43. The summed E-state index contributed by atoms with van der Waals surface area (Å²) in [5.74, 6) is 0. The Bertz CT molecular complexity index is 441. The van der Waals surface area contributed by atoms with Crippen molar-refractivity contribution in [1.82, 2.24) is 5.32 Å². The molecule has 0 aromatic heterocycles. The summed E-state index contributed by atoms with van der Waals surface area (Å²) >= 11 is 0. The van der Waals surface area contributed by atoms with Crippen molar-refractivity contribution in [2.24, 2.45) is 0 Å².